The van der Waals surface area contributed by atoms with Gasteiger partial charge in [-0.15, -0.1) is 0 Å². The van der Waals surface area contributed by atoms with E-state index >= 15 is 0 Å². The maximum absolute atomic E-state index is 5.14. The molecule has 0 aliphatic heterocycles. The third-order valence-electron chi connectivity index (χ3n) is 1.78. The highest BCUT2D eigenvalue weighted by molar-refractivity contribution is 5.87. The van der Waals surface area contributed by atoms with Crippen LogP contribution in [0.3, 0.4) is 0 Å². The predicted octanol–water partition coefficient (Wildman–Crippen LogP) is 2.04. The van der Waals surface area contributed by atoms with E-state index in [0.717, 1.165) is 16.5 Å². The third kappa shape index (κ3) is 1.01. The Labute approximate surface area is 70.8 Å². The minimum atomic E-state index is 0.773. The van der Waals surface area contributed by atoms with Crippen molar-refractivity contribution in [3.05, 3.63) is 36.7 Å². The van der Waals surface area contributed by atoms with Crippen LogP contribution < -0.4 is 4.74 Å². The van der Waals surface area contributed by atoms with E-state index in [9.17, 15) is 0 Å². The summed E-state index contributed by atoms with van der Waals surface area (Å²) in [5.41, 5.74) is 0. The minimum absolute atomic E-state index is 0.773. The number of hydrogen-bond acceptors (Lipinski definition) is 2. The van der Waals surface area contributed by atoms with E-state index < -0.39 is 0 Å². The summed E-state index contributed by atoms with van der Waals surface area (Å²) in [7, 11) is 1.64. The van der Waals surface area contributed by atoms with Crippen molar-refractivity contribution in [1.82, 2.24) is 4.98 Å². The molecule has 0 fully saturated rings. The van der Waals surface area contributed by atoms with Crippen LogP contribution in [0.1, 0.15) is 0 Å². The summed E-state index contributed by atoms with van der Waals surface area (Å²) < 4.78 is 5.14. The Kier molecular flexibility index (Phi) is 1.67. The van der Waals surface area contributed by atoms with Crippen LogP contribution in [0.4, 0.5) is 0 Å². The lowest BCUT2D eigenvalue weighted by Gasteiger charge is -2.02. The number of hydrogen-bond donors (Lipinski definition) is 0. The Bertz CT molecular complexity index is 392. The molecule has 0 saturated heterocycles. The van der Waals surface area contributed by atoms with Crippen molar-refractivity contribution >= 4 is 10.8 Å². The van der Waals surface area contributed by atoms with Gasteiger partial charge in [-0.3, -0.25) is 4.98 Å². The number of methoxy groups -OCH3 is 1. The molecule has 1 heterocycles. The van der Waals surface area contributed by atoms with Crippen LogP contribution in [0.5, 0.6) is 5.75 Å². The van der Waals surface area contributed by atoms with Gasteiger partial charge in [0.15, 0.2) is 0 Å². The van der Waals surface area contributed by atoms with Crippen molar-refractivity contribution in [3.8, 4) is 5.75 Å². The van der Waals surface area contributed by atoms with Crippen molar-refractivity contribution in [2.24, 2.45) is 0 Å². The van der Waals surface area contributed by atoms with Crippen LogP contribution >= 0.6 is 0 Å². The molecule has 0 unspecified atom stereocenters. The maximum atomic E-state index is 5.14. The van der Waals surface area contributed by atoms with Gasteiger partial charge in [-0.2, -0.15) is 0 Å². The van der Waals surface area contributed by atoms with Crippen molar-refractivity contribution in [2.75, 3.05) is 7.11 Å². The molecular formula is C10H8NO. The van der Waals surface area contributed by atoms with Gasteiger partial charge in [0, 0.05) is 29.2 Å². The Morgan fingerprint density at radius 2 is 2.33 bits per heavy atom. The summed E-state index contributed by atoms with van der Waals surface area (Å²) in [6, 6.07) is 8.73. The molecule has 0 atom stereocenters. The quantitative estimate of drug-likeness (QED) is 0.633. The molecule has 2 aromatic rings. The van der Waals surface area contributed by atoms with Crippen LogP contribution in [-0.2, 0) is 0 Å². The van der Waals surface area contributed by atoms with E-state index in [2.05, 4.69) is 11.1 Å². The molecule has 59 valence electrons. The zero-order chi connectivity index (χ0) is 8.39. The first-order valence-corrected chi connectivity index (χ1v) is 3.70. The average molecular weight is 158 g/mol. The van der Waals surface area contributed by atoms with Gasteiger partial charge in [0.05, 0.1) is 7.11 Å². The molecule has 0 aliphatic rings. The highest BCUT2D eigenvalue weighted by atomic mass is 16.5. The second-order valence-electron chi connectivity index (χ2n) is 2.47. The molecule has 0 amide bonds. The summed E-state index contributed by atoms with van der Waals surface area (Å²) >= 11 is 0. The smallest absolute Gasteiger partial charge is 0.134 e. The number of ether oxygens (including phenoxy) is 1. The average Bonchev–Trinajstić information content (AvgIpc) is 2.17. The first kappa shape index (κ1) is 7.10. The molecule has 1 aromatic carbocycles. The first-order valence-electron chi connectivity index (χ1n) is 3.70. The van der Waals surface area contributed by atoms with Gasteiger partial charge in [0.2, 0.25) is 0 Å². The summed E-state index contributed by atoms with van der Waals surface area (Å²) in [6.45, 7) is 0. The van der Waals surface area contributed by atoms with Crippen LogP contribution in [0.15, 0.2) is 30.6 Å². The lowest BCUT2D eigenvalue weighted by Crippen LogP contribution is -1.84. The largest absolute Gasteiger partial charge is 0.495 e. The van der Waals surface area contributed by atoms with Gasteiger partial charge in [-0.05, 0) is 12.1 Å². The second-order valence-corrected chi connectivity index (χ2v) is 2.47. The lowest BCUT2D eigenvalue weighted by atomic mass is 10.2. The minimum Gasteiger partial charge on any atom is -0.495 e. The highest BCUT2D eigenvalue weighted by Gasteiger charge is 1.98. The van der Waals surface area contributed by atoms with Crippen molar-refractivity contribution < 1.29 is 4.74 Å². The summed E-state index contributed by atoms with van der Waals surface area (Å²) in [4.78, 5) is 4.02. The van der Waals surface area contributed by atoms with Gasteiger partial charge in [-0.1, -0.05) is 6.07 Å². The van der Waals surface area contributed by atoms with E-state index in [4.69, 9.17) is 4.74 Å². The Morgan fingerprint density at radius 3 is 3.17 bits per heavy atom. The molecular weight excluding hydrogens is 150 g/mol. The second kappa shape index (κ2) is 2.81. The zero-order valence-corrected chi connectivity index (χ0v) is 6.74. The van der Waals surface area contributed by atoms with E-state index in [-0.39, 0.29) is 0 Å². The standard InChI is InChI=1S/C10H8NO/c1-12-10-4-2-3-8-7-11-6-5-9(8)10/h2-3,5-7H,1H3. The fourth-order valence-corrected chi connectivity index (χ4v) is 1.20. The number of pyridine rings is 1. The molecule has 0 aliphatic carbocycles. The van der Waals surface area contributed by atoms with Gasteiger partial charge in [0.1, 0.15) is 5.75 Å². The van der Waals surface area contributed by atoms with Crippen molar-refractivity contribution in [1.29, 1.82) is 0 Å². The van der Waals surface area contributed by atoms with Crippen LogP contribution in [0, 0.1) is 6.07 Å². The van der Waals surface area contributed by atoms with Crippen LogP contribution in [0.25, 0.3) is 10.8 Å². The fraction of sp³-hybridized carbons (Fsp3) is 0.100. The molecule has 12 heavy (non-hydrogen) atoms. The molecule has 1 radical (unpaired) electrons. The molecule has 2 rings (SSSR count). The predicted molar refractivity (Wildman–Crippen MR) is 47.1 cm³/mol. The molecule has 0 N–H and O–H groups in total. The third-order valence-corrected chi connectivity index (χ3v) is 1.78. The summed E-state index contributed by atoms with van der Waals surface area (Å²) in [5.74, 6) is 0.773. The fourth-order valence-electron chi connectivity index (χ4n) is 1.20. The molecule has 0 saturated carbocycles. The summed E-state index contributed by atoms with van der Waals surface area (Å²) in [5, 5.41) is 2.13. The first-order chi connectivity index (χ1) is 5.92. The number of rotatable bonds is 1. The maximum Gasteiger partial charge on any atom is 0.134 e. The zero-order valence-electron chi connectivity index (χ0n) is 6.74. The molecule has 2 nitrogen and oxygen atoms in total. The molecule has 0 spiro atoms. The normalized spacial score (nSPS) is 10.1. The van der Waals surface area contributed by atoms with Crippen LogP contribution in [0.2, 0.25) is 0 Å². The lowest BCUT2D eigenvalue weighted by molar-refractivity contribution is 0.419. The van der Waals surface area contributed by atoms with Crippen molar-refractivity contribution in [3.63, 3.8) is 0 Å². The topological polar surface area (TPSA) is 22.1 Å². The summed E-state index contributed by atoms with van der Waals surface area (Å²) in [6.07, 6.45) is 3.56. The molecule has 1 aromatic heterocycles. The number of aromatic nitrogens is 1. The van der Waals surface area contributed by atoms with Gasteiger partial charge < -0.3 is 4.74 Å². The van der Waals surface area contributed by atoms with E-state index in [1.165, 1.54) is 0 Å². The van der Waals surface area contributed by atoms with Gasteiger partial charge in [-0.25, -0.2) is 0 Å². The highest BCUT2D eigenvalue weighted by Crippen LogP contribution is 2.22. The molecule has 0 bridgehead atoms. The van der Waals surface area contributed by atoms with E-state index in [1.807, 2.05) is 24.4 Å². The van der Waals surface area contributed by atoms with Crippen molar-refractivity contribution in [2.45, 2.75) is 0 Å². The Morgan fingerprint density at radius 1 is 1.42 bits per heavy atom. The number of nitrogens with zero attached hydrogens (tertiary/aromatic N) is 1. The monoisotopic (exact) mass is 158 g/mol. The Balaban J connectivity index is 2.79. The SMILES string of the molecule is COc1[c]ccc2cnccc12. The number of fused-ring (bicyclic) bond motifs is 1. The number of benzene rings is 1. The van der Waals surface area contributed by atoms with E-state index in [0.29, 0.717) is 0 Å². The van der Waals surface area contributed by atoms with Gasteiger partial charge >= 0.3 is 0 Å². The van der Waals surface area contributed by atoms with Gasteiger partial charge in [0.25, 0.3) is 0 Å². The van der Waals surface area contributed by atoms with Crippen LogP contribution in [-0.4, -0.2) is 12.1 Å². The molecule has 2 heteroatoms. The Hall–Kier alpha value is -1.57. The van der Waals surface area contributed by atoms with E-state index in [1.54, 1.807) is 13.3 Å².